The quantitative estimate of drug-likeness (QED) is 0.709. The average Bonchev–Trinajstić information content (AvgIpc) is 2.78. The van der Waals surface area contributed by atoms with Crippen LogP contribution in [0.25, 0.3) is 10.1 Å². The third-order valence-electron chi connectivity index (χ3n) is 2.82. The van der Waals surface area contributed by atoms with Crippen molar-refractivity contribution in [2.45, 2.75) is 26.2 Å². The zero-order valence-electron chi connectivity index (χ0n) is 10.6. The number of hydrogen-bond donors (Lipinski definition) is 0. The molecule has 0 amide bonds. The first kappa shape index (κ1) is 13.2. The van der Waals surface area contributed by atoms with Gasteiger partial charge in [-0.05, 0) is 28.8 Å². The van der Waals surface area contributed by atoms with Crippen molar-refractivity contribution in [2.24, 2.45) is 0 Å². The van der Waals surface area contributed by atoms with Crippen molar-refractivity contribution in [3.05, 3.63) is 35.2 Å². The number of carbonyl (C=O) groups excluding carboxylic acids is 1. The van der Waals surface area contributed by atoms with Crippen LogP contribution in [0.15, 0.2) is 29.6 Å². The summed E-state index contributed by atoms with van der Waals surface area (Å²) in [5.74, 6) is 0.259. The summed E-state index contributed by atoms with van der Waals surface area (Å²) in [4.78, 5) is 11.8. The fourth-order valence-electron chi connectivity index (χ4n) is 1.90. The van der Waals surface area contributed by atoms with Crippen LogP contribution >= 0.6 is 11.3 Å². The number of benzene rings is 1. The molecule has 0 bridgehead atoms. The number of carbonyl (C=O) groups is 1. The van der Waals surface area contributed by atoms with E-state index in [0.29, 0.717) is 19.4 Å². The highest BCUT2D eigenvalue weighted by Gasteiger charge is 2.08. The molecular weight excluding hydrogens is 244 g/mol. The van der Waals surface area contributed by atoms with Crippen molar-refractivity contribution in [1.29, 1.82) is 0 Å². The summed E-state index contributed by atoms with van der Waals surface area (Å²) in [6.07, 6.45) is 2.05. The molecule has 0 saturated heterocycles. The van der Waals surface area contributed by atoms with E-state index < -0.39 is 0 Å². The summed E-state index contributed by atoms with van der Waals surface area (Å²) in [7, 11) is 0. The highest BCUT2D eigenvalue weighted by Crippen LogP contribution is 2.26. The van der Waals surface area contributed by atoms with Crippen LogP contribution in [0, 0.1) is 0 Å². The lowest BCUT2D eigenvalue weighted by Gasteiger charge is -2.02. The number of ketones is 1. The van der Waals surface area contributed by atoms with Gasteiger partial charge in [-0.2, -0.15) is 0 Å². The van der Waals surface area contributed by atoms with Crippen molar-refractivity contribution in [3.8, 4) is 0 Å². The van der Waals surface area contributed by atoms with E-state index in [9.17, 15) is 4.79 Å². The Kier molecular flexibility index (Phi) is 4.90. The van der Waals surface area contributed by atoms with Gasteiger partial charge in [0.2, 0.25) is 0 Å². The molecule has 1 aromatic carbocycles. The molecule has 0 fully saturated rings. The Morgan fingerprint density at radius 2 is 2.11 bits per heavy atom. The van der Waals surface area contributed by atoms with Gasteiger partial charge in [0.1, 0.15) is 5.78 Å². The molecule has 0 aliphatic heterocycles. The maximum atomic E-state index is 11.8. The van der Waals surface area contributed by atoms with Crippen LogP contribution in [0.2, 0.25) is 0 Å². The van der Waals surface area contributed by atoms with Crippen molar-refractivity contribution in [2.75, 3.05) is 13.2 Å². The fourth-order valence-corrected chi connectivity index (χ4v) is 2.87. The Labute approximate surface area is 112 Å². The van der Waals surface area contributed by atoms with E-state index in [2.05, 4.69) is 24.4 Å². The topological polar surface area (TPSA) is 26.3 Å². The van der Waals surface area contributed by atoms with Gasteiger partial charge < -0.3 is 4.74 Å². The van der Waals surface area contributed by atoms with E-state index in [1.165, 1.54) is 10.1 Å². The summed E-state index contributed by atoms with van der Waals surface area (Å²) < 4.78 is 6.59. The van der Waals surface area contributed by atoms with E-state index in [-0.39, 0.29) is 5.78 Å². The molecule has 0 atom stereocenters. The second-order valence-corrected chi connectivity index (χ2v) is 5.25. The average molecular weight is 262 g/mol. The fraction of sp³-hybridized carbons (Fsp3) is 0.400. The molecular formula is C15H18O2S. The van der Waals surface area contributed by atoms with Gasteiger partial charge in [0.05, 0.1) is 6.61 Å². The molecule has 96 valence electrons. The minimum Gasteiger partial charge on any atom is -0.381 e. The molecule has 0 N–H and O–H groups in total. The number of Topliss-reactive ketones (excluding diaryl/α,β-unsaturated/α-hetero) is 1. The van der Waals surface area contributed by atoms with Gasteiger partial charge in [-0.3, -0.25) is 4.79 Å². The van der Waals surface area contributed by atoms with Crippen LogP contribution in [0.5, 0.6) is 0 Å². The summed E-state index contributed by atoms with van der Waals surface area (Å²) in [6, 6.07) is 8.23. The normalized spacial score (nSPS) is 10.9. The van der Waals surface area contributed by atoms with Crippen molar-refractivity contribution in [1.82, 2.24) is 0 Å². The molecule has 2 rings (SSSR count). The molecule has 0 aliphatic carbocycles. The predicted octanol–water partition coefficient (Wildman–Crippen LogP) is 3.83. The first-order valence-electron chi connectivity index (χ1n) is 6.36. The summed E-state index contributed by atoms with van der Waals surface area (Å²) in [5, 5.41) is 3.31. The molecule has 18 heavy (non-hydrogen) atoms. The SMILES string of the molecule is CCCOCCC(=O)Cc1csc2ccccc12. The van der Waals surface area contributed by atoms with Crippen LogP contribution in [-0.2, 0) is 16.0 Å². The van der Waals surface area contributed by atoms with Gasteiger partial charge in [-0.25, -0.2) is 0 Å². The number of thiophene rings is 1. The minimum atomic E-state index is 0.259. The van der Waals surface area contributed by atoms with Gasteiger partial charge in [0, 0.05) is 24.1 Å². The zero-order chi connectivity index (χ0) is 12.8. The lowest BCUT2D eigenvalue weighted by atomic mass is 10.1. The smallest absolute Gasteiger partial charge is 0.139 e. The Morgan fingerprint density at radius 3 is 2.94 bits per heavy atom. The summed E-state index contributed by atoms with van der Waals surface area (Å²) >= 11 is 1.70. The number of fused-ring (bicyclic) bond motifs is 1. The van der Waals surface area contributed by atoms with E-state index >= 15 is 0 Å². The van der Waals surface area contributed by atoms with Crippen LogP contribution < -0.4 is 0 Å². The van der Waals surface area contributed by atoms with E-state index in [4.69, 9.17) is 4.74 Å². The van der Waals surface area contributed by atoms with Gasteiger partial charge in [-0.15, -0.1) is 11.3 Å². The number of ether oxygens (including phenoxy) is 1. The monoisotopic (exact) mass is 262 g/mol. The Hall–Kier alpha value is -1.19. The molecule has 2 aromatic rings. The largest absolute Gasteiger partial charge is 0.381 e. The first-order chi connectivity index (χ1) is 8.81. The molecule has 0 unspecified atom stereocenters. The minimum absolute atomic E-state index is 0.259. The van der Waals surface area contributed by atoms with Crippen LogP contribution in [0.1, 0.15) is 25.3 Å². The lowest BCUT2D eigenvalue weighted by Crippen LogP contribution is -2.07. The maximum absolute atomic E-state index is 11.8. The van der Waals surface area contributed by atoms with Crippen molar-refractivity contribution < 1.29 is 9.53 Å². The zero-order valence-corrected chi connectivity index (χ0v) is 11.5. The maximum Gasteiger partial charge on any atom is 0.139 e. The van der Waals surface area contributed by atoms with Gasteiger partial charge in [0.25, 0.3) is 0 Å². The van der Waals surface area contributed by atoms with Crippen LogP contribution in [-0.4, -0.2) is 19.0 Å². The van der Waals surface area contributed by atoms with E-state index in [0.717, 1.165) is 18.6 Å². The molecule has 0 radical (unpaired) electrons. The molecule has 1 heterocycles. The Balaban J connectivity index is 1.91. The Morgan fingerprint density at radius 1 is 1.28 bits per heavy atom. The van der Waals surface area contributed by atoms with Crippen LogP contribution in [0.4, 0.5) is 0 Å². The van der Waals surface area contributed by atoms with Crippen molar-refractivity contribution >= 4 is 27.2 Å². The Bertz CT molecular complexity index is 516. The predicted molar refractivity (Wildman–Crippen MR) is 76.3 cm³/mol. The molecule has 2 nitrogen and oxygen atoms in total. The molecule has 3 heteroatoms. The number of hydrogen-bond acceptors (Lipinski definition) is 3. The third kappa shape index (κ3) is 3.40. The van der Waals surface area contributed by atoms with Gasteiger partial charge in [-0.1, -0.05) is 25.1 Å². The summed E-state index contributed by atoms with van der Waals surface area (Å²) in [6.45, 7) is 3.36. The van der Waals surface area contributed by atoms with Crippen molar-refractivity contribution in [3.63, 3.8) is 0 Å². The summed E-state index contributed by atoms with van der Waals surface area (Å²) in [5.41, 5.74) is 1.15. The van der Waals surface area contributed by atoms with E-state index in [1.54, 1.807) is 11.3 Å². The van der Waals surface area contributed by atoms with Gasteiger partial charge in [0.15, 0.2) is 0 Å². The third-order valence-corrected chi connectivity index (χ3v) is 3.83. The molecule has 1 aromatic heterocycles. The lowest BCUT2D eigenvalue weighted by molar-refractivity contribution is -0.119. The highest BCUT2D eigenvalue weighted by molar-refractivity contribution is 7.17. The molecule has 0 spiro atoms. The molecule has 0 aliphatic rings. The highest BCUT2D eigenvalue weighted by atomic mass is 32.1. The van der Waals surface area contributed by atoms with E-state index in [1.807, 2.05) is 12.1 Å². The van der Waals surface area contributed by atoms with Gasteiger partial charge >= 0.3 is 0 Å². The number of rotatable bonds is 7. The second kappa shape index (κ2) is 6.66. The second-order valence-electron chi connectivity index (χ2n) is 4.33. The van der Waals surface area contributed by atoms with Crippen LogP contribution in [0.3, 0.4) is 0 Å². The first-order valence-corrected chi connectivity index (χ1v) is 7.23. The standard InChI is InChI=1S/C15H18O2S/c1-2-8-17-9-7-13(16)10-12-11-18-15-6-4-3-5-14(12)15/h3-6,11H,2,7-10H2,1H3. The molecule has 0 saturated carbocycles.